The average Bonchev–Trinajstić information content (AvgIpc) is 3.42. The second kappa shape index (κ2) is 17.6. The maximum atomic E-state index is 13.5. The predicted octanol–water partition coefficient (Wildman–Crippen LogP) is 4.59. The summed E-state index contributed by atoms with van der Waals surface area (Å²) in [6.45, 7) is 4.38. The molecule has 5 rings (SSSR count). The van der Waals surface area contributed by atoms with E-state index in [1.54, 1.807) is 105 Å². The Hall–Kier alpha value is -4.27. The topological polar surface area (TPSA) is 153 Å². The highest BCUT2D eigenvalue weighted by Crippen LogP contribution is 2.41. The van der Waals surface area contributed by atoms with E-state index in [0.717, 1.165) is 11.8 Å². The first kappa shape index (κ1) is 37.0. The summed E-state index contributed by atoms with van der Waals surface area (Å²) in [5.41, 5.74) is -0.208. The Morgan fingerprint density at radius 1 is 0.720 bits per heavy atom. The molecule has 0 unspecified atom stereocenters. The first-order chi connectivity index (χ1) is 24.1. The van der Waals surface area contributed by atoms with Gasteiger partial charge in [0, 0.05) is 12.2 Å². The first-order valence-corrected chi connectivity index (χ1v) is 17.2. The maximum absolute atomic E-state index is 13.5. The summed E-state index contributed by atoms with van der Waals surface area (Å²) in [6.07, 6.45) is -6.42. The van der Waals surface area contributed by atoms with E-state index in [4.69, 9.17) is 33.2 Å². The van der Waals surface area contributed by atoms with Gasteiger partial charge in [-0.2, -0.15) is 0 Å². The third kappa shape index (κ3) is 9.92. The van der Waals surface area contributed by atoms with Crippen LogP contribution in [0, 0.1) is 0 Å². The Bertz CT molecular complexity index is 1570. The van der Waals surface area contributed by atoms with Crippen molar-refractivity contribution in [1.82, 2.24) is 0 Å². The van der Waals surface area contributed by atoms with Crippen molar-refractivity contribution in [1.29, 1.82) is 0 Å². The highest BCUT2D eigenvalue weighted by atomic mass is 32.2. The molecule has 0 saturated carbocycles. The van der Waals surface area contributed by atoms with E-state index < -0.39 is 71.4 Å². The molecule has 0 spiro atoms. The molecule has 0 bridgehead atoms. The van der Waals surface area contributed by atoms with Crippen LogP contribution >= 0.6 is 11.8 Å². The van der Waals surface area contributed by atoms with Crippen LogP contribution in [0.5, 0.6) is 0 Å². The fourth-order valence-corrected chi connectivity index (χ4v) is 7.00. The third-order valence-corrected chi connectivity index (χ3v) is 9.33. The van der Waals surface area contributed by atoms with Crippen LogP contribution in [0.2, 0.25) is 0 Å². The standard InChI is InChI=1S/C37H40O12S/c1-22(2)45-36-27(39)19-30(28(46-36)20-43-23(3)38)50-37-32(49-35(42)26-17-11-6-12-18-26)31(48-34(41)25-15-9-5-10-16-25)29(47-37)21-44-33(40)24-13-7-4-8-14-24/h4-18,22,27-32,36-37,39H,19-21H2,1-3H3/t27-,28+,29+,30+,31+,32-,36-,37+/m0/s1. The Morgan fingerprint density at radius 3 is 1.74 bits per heavy atom. The van der Waals surface area contributed by atoms with Crippen LogP contribution in [0.15, 0.2) is 91.0 Å². The van der Waals surface area contributed by atoms with E-state index in [-0.39, 0.29) is 36.9 Å². The first-order valence-electron chi connectivity index (χ1n) is 16.3. The summed E-state index contributed by atoms with van der Waals surface area (Å²) >= 11 is 1.16. The van der Waals surface area contributed by atoms with Crippen molar-refractivity contribution in [3.05, 3.63) is 108 Å². The minimum absolute atomic E-state index is 0.134. The molecule has 8 atom stereocenters. The SMILES string of the molecule is CC(=O)OC[C@H]1O[C@H](OC(C)C)[C@@H](O)C[C@H]1S[C@H]1O[C@H](COC(=O)c2ccccc2)[C@@H](OC(=O)c2ccccc2)[C@@H]1OC(=O)c1ccccc1. The molecule has 2 aliphatic rings. The number of carbonyl (C=O) groups excluding carboxylic acids is 4. The number of carbonyl (C=O) groups is 4. The van der Waals surface area contributed by atoms with Crippen LogP contribution in [0.4, 0.5) is 0 Å². The zero-order valence-electron chi connectivity index (χ0n) is 27.8. The van der Waals surface area contributed by atoms with Crippen LogP contribution in [0.1, 0.15) is 58.3 Å². The van der Waals surface area contributed by atoms with Gasteiger partial charge in [-0.15, -0.1) is 11.8 Å². The van der Waals surface area contributed by atoms with Crippen LogP contribution in [-0.2, 0) is 38.0 Å². The van der Waals surface area contributed by atoms with Crippen LogP contribution < -0.4 is 0 Å². The number of aliphatic hydroxyl groups excluding tert-OH is 1. The summed E-state index contributed by atoms with van der Waals surface area (Å²) in [7, 11) is 0. The minimum atomic E-state index is -1.23. The zero-order chi connectivity index (χ0) is 35.6. The molecular formula is C37H40O12S. The predicted molar refractivity (Wildman–Crippen MR) is 180 cm³/mol. The number of aliphatic hydroxyl groups is 1. The second-order valence-electron chi connectivity index (χ2n) is 12.0. The summed E-state index contributed by atoms with van der Waals surface area (Å²) < 4.78 is 41.2. The van der Waals surface area contributed by atoms with Gasteiger partial charge in [0.2, 0.25) is 0 Å². The molecule has 2 fully saturated rings. The van der Waals surface area contributed by atoms with Crippen molar-refractivity contribution < 1.29 is 57.4 Å². The van der Waals surface area contributed by atoms with E-state index >= 15 is 0 Å². The molecule has 0 aromatic heterocycles. The Balaban J connectivity index is 1.45. The highest BCUT2D eigenvalue weighted by Gasteiger charge is 2.53. The summed E-state index contributed by atoms with van der Waals surface area (Å²) in [4.78, 5) is 51.6. The third-order valence-electron chi connectivity index (χ3n) is 7.84. The van der Waals surface area contributed by atoms with Crippen molar-refractivity contribution in [2.75, 3.05) is 13.2 Å². The molecule has 13 heteroatoms. The van der Waals surface area contributed by atoms with Gasteiger partial charge in [-0.05, 0) is 56.7 Å². The van der Waals surface area contributed by atoms with E-state index in [0.29, 0.717) is 5.56 Å². The molecule has 3 aromatic rings. The van der Waals surface area contributed by atoms with Gasteiger partial charge in [0.1, 0.15) is 37.0 Å². The van der Waals surface area contributed by atoms with Gasteiger partial charge in [0.05, 0.1) is 22.8 Å². The Morgan fingerprint density at radius 2 is 1.22 bits per heavy atom. The maximum Gasteiger partial charge on any atom is 0.338 e. The molecule has 0 radical (unpaired) electrons. The average molecular weight is 709 g/mol. The molecule has 2 saturated heterocycles. The van der Waals surface area contributed by atoms with Crippen molar-refractivity contribution >= 4 is 35.6 Å². The summed E-state index contributed by atoms with van der Waals surface area (Å²) in [6, 6.07) is 24.9. The van der Waals surface area contributed by atoms with Gasteiger partial charge in [-0.25, -0.2) is 14.4 Å². The van der Waals surface area contributed by atoms with E-state index in [1.165, 1.54) is 6.92 Å². The minimum Gasteiger partial charge on any atom is -0.463 e. The molecule has 2 heterocycles. The molecule has 50 heavy (non-hydrogen) atoms. The molecule has 2 aliphatic heterocycles. The monoisotopic (exact) mass is 708 g/mol. The van der Waals surface area contributed by atoms with Crippen LogP contribution in [0.25, 0.3) is 0 Å². The quantitative estimate of drug-likeness (QED) is 0.195. The molecule has 266 valence electrons. The number of benzene rings is 3. The normalized spacial score (nSPS) is 26.2. The largest absolute Gasteiger partial charge is 0.463 e. The Labute approximate surface area is 294 Å². The van der Waals surface area contributed by atoms with Crippen molar-refractivity contribution in [3.63, 3.8) is 0 Å². The highest BCUT2D eigenvalue weighted by molar-refractivity contribution is 8.00. The number of hydrogen-bond acceptors (Lipinski definition) is 13. The molecular weight excluding hydrogens is 668 g/mol. The number of thioether (sulfide) groups is 1. The fourth-order valence-electron chi connectivity index (χ4n) is 5.45. The van der Waals surface area contributed by atoms with Gasteiger partial charge < -0.3 is 38.3 Å². The lowest BCUT2D eigenvalue weighted by molar-refractivity contribution is -0.255. The van der Waals surface area contributed by atoms with E-state index in [2.05, 4.69) is 0 Å². The lowest BCUT2D eigenvalue weighted by Gasteiger charge is -2.40. The van der Waals surface area contributed by atoms with E-state index in [9.17, 15) is 24.3 Å². The van der Waals surface area contributed by atoms with Crippen molar-refractivity contribution in [2.45, 2.75) is 80.8 Å². The van der Waals surface area contributed by atoms with Crippen LogP contribution in [-0.4, -0.2) is 95.8 Å². The number of esters is 4. The van der Waals surface area contributed by atoms with Gasteiger partial charge in [-0.1, -0.05) is 54.6 Å². The molecule has 3 aromatic carbocycles. The van der Waals surface area contributed by atoms with Crippen LogP contribution in [0.3, 0.4) is 0 Å². The number of hydrogen-bond donors (Lipinski definition) is 1. The molecule has 0 aliphatic carbocycles. The second-order valence-corrected chi connectivity index (χ2v) is 13.3. The van der Waals surface area contributed by atoms with Crippen molar-refractivity contribution in [2.24, 2.45) is 0 Å². The van der Waals surface area contributed by atoms with Gasteiger partial charge >= 0.3 is 23.9 Å². The molecule has 12 nitrogen and oxygen atoms in total. The fraction of sp³-hybridized carbons (Fsp3) is 0.405. The van der Waals surface area contributed by atoms with Gasteiger partial charge in [0.15, 0.2) is 18.5 Å². The zero-order valence-corrected chi connectivity index (χ0v) is 28.6. The number of ether oxygens (including phenoxy) is 7. The summed E-state index contributed by atoms with van der Waals surface area (Å²) in [5, 5.41) is 10.4. The number of rotatable bonds is 13. The van der Waals surface area contributed by atoms with E-state index in [1.807, 2.05) is 0 Å². The lowest BCUT2D eigenvalue weighted by atomic mass is 10.1. The smallest absolute Gasteiger partial charge is 0.338 e. The Kier molecular flexibility index (Phi) is 13.0. The lowest BCUT2D eigenvalue weighted by Crippen LogP contribution is -2.50. The molecule has 1 N–H and O–H groups in total. The molecule has 0 amide bonds. The summed E-state index contributed by atoms with van der Waals surface area (Å²) in [5.74, 6) is -2.56. The van der Waals surface area contributed by atoms with Crippen molar-refractivity contribution in [3.8, 4) is 0 Å². The van der Waals surface area contributed by atoms with Gasteiger partial charge in [0.25, 0.3) is 0 Å². The van der Waals surface area contributed by atoms with Gasteiger partial charge in [-0.3, -0.25) is 4.79 Å².